The molecule has 0 saturated heterocycles. The summed E-state index contributed by atoms with van der Waals surface area (Å²) in [5.74, 6) is 1.56. The number of rotatable bonds is 15. The van der Waals surface area contributed by atoms with E-state index in [1.807, 2.05) is 0 Å². The predicted octanol–water partition coefficient (Wildman–Crippen LogP) is 28.0. The normalized spacial score (nSPS) is 11.7. The standard InChI is InChI=1S/C105H69N9/c1-4-34-79(35-5-1)112-97-46-19-16-43-91(97)94-67-88(55-58-100(94)112)109(85-52-49-70-25-10-13-28-73(70)61-85)82-40-22-31-76(64-82)103-106-104(77-32-23-41-83(65-77)110(86-53-50-71-26-11-14-29-74(71)62-86)89-56-59-101-95(68-89)92-44-17-20-47-98(92)113(101)80-36-6-2-7-37-80)108-105(107-103)78-33-24-42-84(66-78)111(87-54-51-72-27-12-15-30-75(72)63-87)90-57-60-102-96(69-90)93-45-18-21-48-99(93)114(102)81-38-8-3-9-39-81/h1-69H. The van der Waals surface area contributed by atoms with Crippen molar-refractivity contribution < 1.29 is 0 Å². The molecular weight excluding hydrogens is 1390 g/mol. The highest BCUT2D eigenvalue weighted by molar-refractivity contribution is 6.14. The third-order valence-corrected chi connectivity index (χ3v) is 22.5. The Balaban J connectivity index is 0.739. The SMILES string of the molecule is c1ccc(-n2c3ccccc3c3cc(N(c4cccc(-c5nc(-c6cccc(N(c7ccc8ccccc8c7)c7ccc8c(c7)c7ccccc7n8-c7ccccc7)c6)nc(-c6cccc(N(c7ccc8ccccc8c7)c7ccc8c(c7)c7ccccc7n8-c7ccccc7)c6)n5)c4)c4ccc5ccccc5c4)ccc32)cc1. The molecule has 0 aliphatic carbocycles. The molecule has 4 aromatic heterocycles. The highest BCUT2D eigenvalue weighted by Gasteiger charge is 2.25. The minimum absolute atomic E-state index is 0.519. The van der Waals surface area contributed by atoms with Crippen molar-refractivity contribution in [3.05, 3.63) is 419 Å². The maximum atomic E-state index is 5.67. The Hall–Kier alpha value is -15.5. The quantitative estimate of drug-likeness (QED) is 0.102. The summed E-state index contributed by atoms with van der Waals surface area (Å²) in [5, 5.41) is 13.9. The van der Waals surface area contributed by atoms with E-state index in [1.54, 1.807) is 0 Å². The van der Waals surface area contributed by atoms with E-state index in [2.05, 4.69) is 447 Å². The zero-order chi connectivity index (χ0) is 75.2. The molecular formula is C105H69N9. The number of anilines is 9. The Labute approximate surface area is 657 Å². The molecule has 0 aliphatic heterocycles. The molecule has 22 aromatic rings. The van der Waals surface area contributed by atoms with Gasteiger partial charge in [0.25, 0.3) is 0 Å². The van der Waals surface area contributed by atoms with Crippen LogP contribution < -0.4 is 14.7 Å². The number of para-hydroxylation sites is 6. The van der Waals surface area contributed by atoms with Crippen LogP contribution in [0.25, 0.3) is 149 Å². The fourth-order valence-electron chi connectivity index (χ4n) is 17.3. The van der Waals surface area contributed by atoms with Crippen molar-refractivity contribution in [2.24, 2.45) is 0 Å². The molecule has 114 heavy (non-hydrogen) atoms. The summed E-state index contributed by atoms with van der Waals surface area (Å²) in [7, 11) is 0. The van der Waals surface area contributed by atoms with Crippen LogP contribution >= 0.6 is 0 Å². The highest BCUT2D eigenvalue weighted by atomic mass is 15.2. The lowest BCUT2D eigenvalue weighted by Gasteiger charge is -2.27. The van der Waals surface area contributed by atoms with Gasteiger partial charge in [-0.1, -0.05) is 237 Å². The van der Waals surface area contributed by atoms with Crippen LogP contribution in [-0.4, -0.2) is 28.7 Å². The molecule has 4 heterocycles. The summed E-state index contributed by atoms with van der Waals surface area (Å²) in [6.45, 7) is 0. The number of nitrogens with zero attached hydrogens (tertiary/aromatic N) is 9. The van der Waals surface area contributed by atoms with Crippen LogP contribution in [0.1, 0.15) is 0 Å². The molecule has 22 rings (SSSR count). The summed E-state index contributed by atoms with van der Waals surface area (Å²) in [6, 6.07) is 151. The maximum absolute atomic E-state index is 5.67. The first kappa shape index (κ1) is 65.6. The van der Waals surface area contributed by atoms with Gasteiger partial charge < -0.3 is 28.4 Å². The summed E-state index contributed by atoms with van der Waals surface area (Å²) in [6.07, 6.45) is 0. The van der Waals surface area contributed by atoms with Crippen LogP contribution in [-0.2, 0) is 0 Å². The first-order valence-corrected chi connectivity index (χ1v) is 38.7. The molecule has 0 unspecified atom stereocenters. The Morgan fingerprint density at radius 1 is 0.158 bits per heavy atom. The second-order valence-electron chi connectivity index (χ2n) is 29.2. The first-order chi connectivity index (χ1) is 56.5. The molecule has 534 valence electrons. The van der Waals surface area contributed by atoms with Crippen LogP contribution in [0.2, 0.25) is 0 Å². The number of hydrogen-bond donors (Lipinski definition) is 0. The Morgan fingerprint density at radius 3 is 0.702 bits per heavy atom. The van der Waals surface area contributed by atoms with Crippen LogP contribution in [0.4, 0.5) is 51.2 Å². The molecule has 0 N–H and O–H groups in total. The maximum Gasteiger partial charge on any atom is 0.164 e. The summed E-state index contributed by atoms with van der Waals surface area (Å²) in [5.41, 5.74) is 21.4. The van der Waals surface area contributed by atoms with Gasteiger partial charge in [0, 0.05) is 117 Å². The number of aromatic nitrogens is 6. The van der Waals surface area contributed by atoms with Gasteiger partial charge in [0.05, 0.1) is 33.1 Å². The Bertz CT molecular complexity index is 6810. The van der Waals surface area contributed by atoms with Crippen LogP contribution in [0.3, 0.4) is 0 Å². The molecule has 0 amide bonds. The van der Waals surface area contributed by atoms with Gasteiger partial charge in [-0.2, -0.15) is 0 Å². The van der Waals surface area contributed by atoms with Crippen molar-refractivity contribution in [2.75, 3.05) is 14.7 Å². The van der Waals surface area contributed by atoms with Gasteiger partial charge in [0.1, 0.15) is 0 Å². The molecule has 0 saturated carbocycles. The van der Waals surface area contributed by atoms with E-state index in [0.29, 0.717) is 17.5 Å². The minimum Gasteiger partial charge on any atom is -0.310 e. The zero-order valence-electron chi connectivity index (χ0n) is 61.9. The third-order valence-electron chi connectivity index (χ3n) is 22.5. The zero-order valence-corrected chi connectivity index (χ0v) is 61.9. The lowest BCUT2D eigenvalue weighted by atomic mass is 10.1. The predicted molar refractivity (Wildman–Crippen MR) is 476 cm³/mol. The van der Waals surface area contributed by atoms with Crippen molar-refractivity contribution >= 4 is 149 Å². The van der Waals surface area contributed by atoms with Crippen LogP contribution in [0, 0.1) is 0 Å². The van der Waals surface area contributed by atoms with Gasteiger partial charge in [-0.3, -0.25) is 0 Å². The van der Waals surface area contributed by atoms with Crippen molar-refractivity contribution in [3.8, 4) is 51.2 Å². The van der Waals surface area contributed by atoms with Crippen molar-refractivity contribution in [1.82, 2.24) is 28.7 Å². The van der Waals surface area contributed by atoms with Crippen LogP contribution in [0.5, 0.6) is 0 Å². The van der Waals surface area contributed by atoms with Crippen LogP contribution in [0.15, 0.2) is 419 Å². The summed E-state index contributed by atoms with van der Waals surface area (Å²) < 4.78 is 7.11. The second kappa shape index (κ2) is 27.3. The Morgan fingerprint density at radius 2 is 0.395 bits per heavy atom. The van der Waals surface area contributed by atoms with Gasteiger partial charge in [0.15, 0.2) is 17.5 Å². The molecule has 9 nitrogen and oxygen atoms in total. The van der Waals surface area contributed by atoms with E-state index in [9.17, 15) is 0 Å². The second-order valence-corrected chi connectivity index (χ2v) is 29.2. The molecule has 0 aliphatic rings. The molecule has 0 bridgehead atoms. The largest absolute Gasteiger partial charge is 0.310 e. The molecule has 0 spiro atoms. The molecule has 0 fully saturated rings. The van der Waals surface area contributed by atoms with E-state index in [4.69, 9.17) is 15.0 Å². The van der Waals surface area contributed by atoms with E-state index in [-0.39, 0.29) is 0 Å². The van der Waals surface area contributed by atoms with E-state index < -0.39 is 0 Å². The number of hydrogen-bond acceptors (Lipinski definition) is 6. The van der Waals surface area contributed by atoms with Crippen molar-refractivity contribution in [1.29, 1.82) is 0 Å². The highest BCUT2D eigenvalue weighted by Crippen LogP contribution is 2.47. The average Bonchev–Trinajstić information content (AvgIpc) is 1.57. The van der Waals surface area contributed by atoms with E-state index in [1.165, 1.54) is 16.2 Å². The third kappa shape index (κ3) is 11.4. The topological polar surface area (TPSA) is 63.2 Å². The monoisotopic (exact) mass is 1460 g/mol. The lowest BCUT2D eigenvalue weighted by Crippen LogP contribution is -2.11. The van der Waals surface area contributed by atoms with Gasteiger partial charge >= 0.3 is 0 Å². The van der Waals surface area contributed by atoms with Gasteiger partial charge in [-0.15, -0.1) is 0 Å². The van der Waals surface area contributed by atoms with Gasteiger partial charge in [-0.25, -0.2) is 15.0 Å². The summed E-state index contributed by atoms with van der Waals surface area (Å²) >= 11 is 0. The van der Waals surface area contributed by atoms with Crippen molar-refractivity contribution in [3.63, 3.8) is 0 Å². The molecule has 9 heteroatoms. The van der Waals surface area contributed by atoms with E-state index >= 15 is 0 Å². The minimum atomic E-state index is 0.519. The summed E-state index contributed by atoms with van der Waals surface area (Å²) in [4.78, 5) is 24.1. The van der Waals surface area contributed by atoms with Gasteiger partial charge in [-0.05, 0) is 214 Å². The van der Waals surface area contributed by atoms with Gasteiger partial charge in [0.2, 0.25) is 0 Å². The molecule has 0 atom stereocenters. The fourth-order valence-corrected chi connectivity index (χ4v) is 17.3. The molecule has 18 aromatic carbocycles. The molecule has 0 radical (unpaired) electrons. The first-order valence-electron chi connectivity index (χ1n) is 38.7. The van der Waals surface area contributed by atoms with Crippen molar-refractivity contribution in [2.45, 2.75) is 0 Å². The lowest BCUT2D eigenvalue weighted by molar-refractivity contribution is 1.07. The average molecular weight is 1460 g/mol. The fraction of sp³-hybridized carbons (Fsp3) is 0. The number of benzene rings is 18. The smallest absolute Gasteiger partial charge is 0.164 e. The van der Waals surface area contributed by atoms with E-state index in [0.717, 1.165) is 167 Å². The number of fused-ring (bicyclic) bond motifs is 12. The Kier molecular flexibility index (Phi) is 15.7.